The van der Waals surface area contributed by atoms with Crippen LogP contribution < -0.4 is 51.4 Å². The van der Waals surface area contributed by atoms with Crippen LogP contribution in [0.5, 0.6) is 0 Å². The van der Waals surface area contributed by atoms with Crippen LogP contribution in [-0.4, -0.2) is 16.4 Å². The molecule has 0 aliphatic rings. The van der Waals surface area contributed by atoms with Gasteiger partial charge in [-0.15, -0.1) is 0 Å². The van der Waals surface area contributed by atoms with Gasteiger partial charge in [-0.1, -0.05) is 0 Å². The Morgan fingerprint density at radius 3 is 0.833 bits per heavy atom. The summed E-state index contributed by atoms with van der Waals surface area (Å²) in [6, 6.07) is 0. The molecular formula is H5KMnO4. The van der Waals surface area contributed by atoms with Crippen LogP contribution in [0.1, 0.15) is 0 Å². The van der Waals surface area contributed by atoms with Gasteiger partial charge in [0.1, 0.15) is 0 Å². The van der Waals surface area contributed by atoms with Crippen molar-refractivity contribution in [1.29, 1.82) is 0 Å². The molecule has 0 heterocycles. The largest absolute Gasteiger partial charge is 2.00 e. The minimum absolute atomic E-state index is 0. The Bertz CT molecular complexity index is 7.51. The van der Waals surface area contributed by atoms with Crippen LogP contribution in [0, 0.1) is 0 Å². The Morgan fingerprint density at radius 2 is 0.833 bits per heavy atom. The maximum atomic E-state index is 0. The molecule has 0 unspecified atom stereocenters. The van der Waals surface area contributed by atoms with Crippen molar-refractivity contribution < 1.29 is 90.4 Å². The van der Waals surface area contributed by atoms with Gasteiger partial charge in [0.15, 0.2) is 0 Å². The number of hydrogen-bond acceptors (Lipinski definition) is 1. The van der Waals surface area contributed by atoms with E-state index >= 15 is 0 Å². The van der Waals surface area contributed by atoms with E-state index in [0.29, 0.717) is 0 Å². The fourth-order valence-electron chi connectivity index (χ4n) is 0. The Balaban J connectivity index is 0. The summed E-state index contributed by atoms with van der Waals surface area (Å²) in [6.07, 6.45) is 0. The molecule has 0 bridgehead atoms. The summed E-state index contributed by atoms with van der Waals surface area (Å²) in [5, 5.41) is 0. The predicted octanol–water partition coefficient (Wildman–Crippen LogP) is -4.94. The first-order valence-electron chi connectivity index (χ1n) is 0. The molecule has 0 rings (SSSR count). The molecule has 37 valence electrons. The molecule has 0 atom stereocenters. The summed E-state index contributed by atoms with van der Waals surface area (Å²) in [7, 11) is 0. The molecule has 6 heavy (non-hydrogen) atoms. The fourth-order valence-corrected chi connectivity index (χ4v) is 0. The first-order chi connectivity index (χ1) is 0. The normalized spacial score (nSPS) is 0. The van der Waals surface area contributed by atoms with E-state index in [-0.39, 0.29) is 90.4 Å². The minimum Gasteiger partial charge on any atom is -2.00 e. The van der Waals surface area contributed by atoms with Crippen LogP contribution in [0.4, 0.5) is 0 Å². The van der Waals surface area contributed by atoms with Gasteiger partial charge >= 0.3 is 68.5 Å². The molecule has 0 aromatic heterocycles. The van der Waals surface area contributed by atoms with Gasteiger partial charge in [0, 0.05) is 0 Å². The van der Waals surface area contributed by atoms with Gasteiger partial charge in [-0.05, 0) is 0 Å². The van der Waals surface area contributed by atoms with Gasteiger partial charge in [-0.3, -0.25) is 0 Å². The second kappa shape index (κ2) is 63.1. The molecule has 6 heteroatoms. The molecule has 0 aromatic rings. The summed E-state index contributed by atoms with van der Waals surface area (Å²) >= 11 is 0. The van der Waals surface area contributed by atoms with Gasteiger partial charge in [-0.2, -0.15) is 0 Å². The zero-order valence-corrected chi connectivity index (χ0v) is 7.54. The zero-order valence-electron chi connectivity index (χ0n) is 3.23. The van der Waals surface area contributed by atoms with Gasteiger partial charge in [0.25, 0.3) is 0 Å². The van der Waals surface area contributed by atoms with E-state index in [9.17, 15) is 0 Å². The van der Waals surface area contributed by atoms with Crippen LogP contribution in [0.3, 0.4) is 0 Å². The third kappa shape index (κ3) is 37.6. The molecule has 1 radical (unpaired) electrons. The smallest absolute Gasteiger partial charge is 2.00 e. The van der Waals surface area contributed by atoms with Gasteiger partial charge in [0.05, 0.1) is 0 Å². The first kappa shape index (κ1) is 98.2. The van der Waals surface area contributed by atoms with Crippen molar-refractivity contribution in [2.45, 2.75) is 0 Å². The monoisotopic (exact) mass is 163 g/mol. The Morgan fingerprint density at radius 1 is 0.833 bits per heavy atom. The molecule has 5 N–H and O–H groups in total. The summed E-state index contributed by atoms with van der Waals surface area (Å²) < 4.78 is 0. The maximum absolute atomic E-state index is 0. The van der Waals surface area contributed by atoms with Crippen molar-refractivity contribution in [3.05, 3.63) is 0 Å². The minimum atomic E-state index is 0. The first-order valence-corrected chi connectivity index (χ1v) is 0. The van der Waals surface area contributed by atoms with Crippen LogP contribution in [-0.2, 0) is 22.5 Å². The molecule has 0 aliphatic carbocycles. The van der Waals surface area contributed by atoms with Gasteiger partial charge < -0.3 is 21.9 Å². The third-order valence-electron chi connectivity index (χ3n) is 0. The number of hydrogen-bond donors (Lipinski definition) is 0. The van der Waals surface area contributed by atoms with E-state index in [1.807, 2.05) is 0 Å². The molecule has 0 saturated heterocycles. The molecule has 0 amide bonds. The Labute approximate surface area is 88.8 Å². The predicted molar refractivity (Wildman–Crippen MR) is 9.85 cm³/mol. The van der Waals surface area contributed by atoms with E-state index < -0.39 is 0 Å². The molecule has 4 nitrogen and oxygen atoms in total. The number of rotatable bonds is 0. The summed E-state index contributed by atoms with van der Waals surface area (Å²) in [5.74, 6) is 0. The Hall–Kier alpha value is 2.00. The summed E-state index contributed by atoms with van der Waals surface area (Å²) in [6.45, 7) is 0. The maximum Gasteiger partial charge on any atom is 2.00 e. The van der Waals surface area contributed by atoms with E-state index in [0.717, 1.165) is 0 Å². The molecule has 0 saturated carbocycles. The zero-order chi connectivity index (χ0) is 0. The van der Waals surface area contributed by atoms with Crippen molar-refractivity contribution in [3.63, 3.8) is 0 Å². The topological polar surface area (TPSA) is 122 Å². The van der Waals surface area contributed by atoms with Crippen molar-refractivity contribution in [1.82, 2.24) is 0 Å². The van der Waals surface area contributed by atoms with Crippen LogP contribution in [0.15, 0.2) is 0 Å². The van der Waals surface area contributed by atoms with Crippen LogP contribution in [0.25, 0.3) is 0 Å². The van der Waals surface area contributed by atoms with E-state index in [4.69, 9.17) is 0 Å². The Kier molecular flexibility index (Phi) is 1030. The van der Waals surface area contributed by atoms with Gasteiger partial charge in [-0.25, -0.2) is 0 Å². The second-order valence-corrected chi connectivity index (χ2v) is 0. The van der Waals surface area contributed by atoms with E-state index in [1.165, 1.54) is 0 Å². The molecule has 0 aliphatic heterocycles. The fraction of sp³-hybridized carbons (Fsp3) is 0. The van der Waals surface area contributed by atoms with Crippen molar-refractivity contribution in [3.8, 4) is 0 Å². The van der Waals surface area contributed by atoms with Crippen molar-refractivity contribution in [2.75, 3.05) is 0 Å². The molecular weight excluding hydrogens is 158 g/mol. The van der Waals surface area contributed by atoms with E-state index in [1.54, 1.807) is 0 Å². The molecule has 0 aromatic carbocycles. The van der Waals surface area contributed by atoms with E-state index in [2.05, 4.69) is 0 Å². The molecule has 0 fully saturated rings. The SMILES string of the molecule is O.O.[K+].[Mn+2].[O-2].[OH-]. The quantitative estimate of drug-likeness (QED) is 0.326. The van der Waals surface area contributed by atoms with Crippen molar-refractivity contribution in [2.24, 2.45) is 0 Å². The molecule has 0 spiro atoms. The average molecular weight is 163 g/mol. The van der Waals surface area contributed by atoms with Crippen LogP contribution >= 0.6 is 0 Å². The van der Waals surface area contributed by atoms with Crippen molar-refractivity contribution >= 4 is 0 Å². The van der Waals surface area contributed by atoms with Crippen LogP contribution in [0.2, 0.25) is 0 Å². The van der Waals surface area contributed by atoms with Gasteiger partial charge in [0.2, 0.25) is 0 Å². The summed E-state index contributed by atoms with van der Waals surface area (Å²) in [4.78, 5) is 0. The average Bonchev–Trinajstić information content (AvgIpc) is 0. The summed E-state index contributed by atoms with van der Waals surface area (Å²) in [5.41, 5.74) is 0. The second-order valence-electron chi connectivity index (χ2n) is 0. The standard InChI is InChI=1S/K.Mn.3H2O.O/h;;3*1H2;/q+1;+2;;;;-2/p-1. The third-order valence-corrected chi connectivity index (χ3v) is 0.